The topological polar surface area (TPSA) is 48.1 Å². The summed E-state index contributed by atoms with van der Waals surface area (Å²) in [5.41, 5.74) is 7.88. The Labute approximate surface area is 158 Å². The van der Waals surface area contributed by atoms with Gasteiger partial charge in [-0.05, 0) is 55.3 Å². The van der Waals surface area contributed by atoms with E-state index >= 15 is 0 Å². The third-order valence-electron chi connectivity index (χ3n) is 5.07. The summed E-state index contributed by atoms with van der Waals surface area (Å²) in [6.07, 6.45) is 4.87. The molecule has 0 spiro atoms. The lowest BCUT2D eigenvalue weighted by Crippen LogP contribution is -2.45. The third-order valence-corrected chi connectivity index (χ3v) is 5.96. The molecule has 1 amide bonds. The van der Waals surface area contributed by atoms with Gasteiger partial charge in [-0.25, -0.2) is 5.01 Å². The summed E-state index contributed by atoms with van der Waals surface area (Å²) in [7, 11) is 0. The molecule has 4 nitrogen and oxygen atoms in total. The van der Waals surface area contributed by atoms with Crippen molar-refractivity contribution in [3.05, 3.63) is 46.8 Å². The fraction of sp³-hybridized carbons (Fsp3) is 0.381. The first kappa shape index (κ1) is 17.3. The van der Waals surface area contributed by atoms with Crippen LogP contribution in [0.2, 0.25) is 0 Å². The Balaban J connectivity index is 1.55. The number of carbonyl (C=O) groups is 1. The molecule has 0 atom stereocenters. The number of aromatic amines is 1. The van der Waals surface area contributed by atoms with Crippen LogP contribution in [-0.4, -0.2) is 29.0 Å². The minimum Gasteiger partial charge on any atom is -0.354 e. The molecule has 26 heavy (non-hydrogen) atoms. The highest BCUT2D eigenvalue weighted by Gasteiger charge is 2.17. The second-order valence-electron chi connectivity index (χ2n) is 7.09. The third kappa shape index (κ3) is 3.69. The van der Waals surface area contributed by atoms with Gasteiger partial charge in [0.2, 0.25) is 5.91 Å². The summed E-state index contributed by atoms with van der Waals surface area (Å²) >= 11 is 1.73. The maximum Gasteiger partial charge on any atom is 0.234 e. The molecule has 5 heteroatoms. The molecule has 0 unspecified atom stereocenters. The molecule has 136 valence electrons. The number of thiophene rings is 1. The molecule has 2 aromatic heterocycles. The quantitative estimate of drug-likeness (QED) is 0.689. The molecule has 1 aromatic carbocycles. The number of piperidine rings is 1. The van der Waals surface area contributed by atoms with Crippen LogP contribution in [0.5, 0.6) is 0 Å². The van der Waals surface area contributed by atoms with Gasteiger partial charge in [-0.15, -0.1) is 11.3 Å². The van der Waals surface area contributed by atoms with Crippen LogP contribution in [-0.2, 0) is 11.2 Å². The first-order valence-electron chi connectivity index (χ1n) is 9.40. The van der Waals surface area contributed by atoms with Crippen LogP contribution in [0.15, 0.2) is 35.7 Å². The highest BCUT2D eigenvalue weighted by Crippen LogP contribution is 2.34. The van der Waals surface area contributed by atoms with Gasteiger partial charge in [0.05, 0.1) is 10.6 Å². The van der Waals surface area contributed by atoms with Crippen molar-refractivity contribution < 1.29 is 4.79 Å². The van der Waals surface area contributed by atoms with Crippen LogP contribution in [0.1, 0.15) is 36.8 Å². The van der Waals surface area contributed by atoms with Crippen LogP contribution in [0.25, 0.3) is 21.5 Å². The van der Waals surface area contributed by atoms with Gasteiger partial charge in [-0.2, -0.15) is 0 Å². The first-order chi connectivity index (χ1) is 12.7. The van der Waals surface area contributed by atoms with E-state index < -0.39 is 0 Å². The zero-order valence-corrected chi connectivity index (χ0v) is 16.0. The molecule has 1 aliphatic heterocycles. The van der Waals surface area contributed by atoms with E-state index in [1.165, 1.54) is 40.7 Å². The van der Waals surface area contributed by atoms with Crippen molar-refractivity contribution in [2.45, 2.75) is 39.0 Å². The fourth-order valence-corrected chi connectivity index (χ4v) is 4.48. The number of amides is 1. The lowest BCUT2D eigenvalue weighted by Gasteiger charge is -2.26. The maximum atomic E-state index is 12.4. The minimum atomic E-state index is 0.117. The molecule has 0 radical (unpaired) electrons. The van der Waals surface area contributed by atoms with Gasteiger partial charge in [0.25, 0.3) is 0 Å². The number of hydrogen-bond acceptors (Lipinski definition) is 3. The van der Waals surface area contributed by atoms with Crippen LogP contribution in [0.3, 0.4) is 0 Å². The monoisotopic (exact) mass is 367 g/mol. The van der Waals surface area contributed by atoms with E-state index in [1.807, 2.05) is 0 Å². The van der Waals surface area contributed by atoms with Gasteiger partial charge >= 0.3 is 0 Å². The average molecular weight is 368 g/mol. The standard InChI is InChI=1S/C21H25N3OS/c1-15-7-9-18-17(14-15)16(21(22-18)19-6-5-13-26-19)8-10-20(25)23-24-11-3-2-4-12-24/h5-7,9,13-14,22H,2-4,8,10-12H2,1H3,(H,23,25). The average Bonchev–Trinajstić information content (AvgIpc) is 3.28. The lowest BCUT2D eigenvalue weighted by molar-refractivity contribution is -0.126. The van der Waals surface area contributed by atoms with E-state index in [9.17, 15) is 4.79 Å². The molecular weight excluding hydrogens is 342 g/mol. The number of nitrogens with zero attached hydrogens (tertiary/aromatic N) is 1. The molecule has 1 saturated heterocycles. The van der Waals surface area contributed by atoms with Gasteiger partial charge in [-0.3, -0.25) is 10.2 Å². The van der Waals surface area contributed by atoms with E-state index in [0.717, 1.165) is 30.7 Å². The van der Waals surface area contributed by atoms with Crippen molar-refractivity contribution in [3.63, 3.8) is 0 Å². The number of hydrazine groups is 1. The van der Waals surface area contributed by atoms with Gasteiger partial charge in [0.15, 0.2) is 0 Å². The van der Waals surface area contributed by atoms with Crippen LogP contribution < -0.4 is 5.43 Å². The molecule has 0 saturated carbocycles. The number of H-pyrrole nitrogens is 1. The Kier molecular flexibility index (Phi) is 5.09. The predicted molar refractivity (Wildman–Crippen MR) is 108 cm³/mol. The highest BCUT2D eigenvalue weighted by molar-refractivity contribution is 7.13. The molecule has 1 fully saturated rings. The maximum absolute atomic E-state index is 12.4. The molecule has 1 aliphatic rings. The van der Waals surface area contributed by atoms with Crippen LogP contribution in [0, 0.1) is 6.92 Å². The van der Waals surface area contributed by atoms with Gasteiger partial charge in [0.1, 0.15) is 0 Å². The normalized spacial score (nSPS) is 15.4. The molecule has 3 aromatic rings. The van der Waals surface area contributed by atoms with Crippen molar-refractivity contribution in [3.8, 4) is 10.6 Å². The molecule has 2 N–H and O–H groups in total. The summed E-state index contributed by atoms with van der Waals surface area (Å²) in [6, 6.07) is 10.7. The van der Waals surface area contributed by atoms with E-state index in [2.05, 4.69) is 58.1 Å². The molecule has 3 heterocycles. The van der Waals surface area contributed by atoms with Crippen molar-refractivity contribution in [2.75, 3.05) is 13.1 Å². The summed E-state index contributed by atoms with van der Waals surface area (Å²) in [6.45, 7) is 4.06. The van der Waals surface area contributed by atoms with E-state index in [1.54, 1.807) is 11.3 Å². The number of rotatable bonds is 5. The van der Waals surface area contributed by atoms with E-state index in [0.29, 0.717) is 6.42 Å². The number of benzene rings is 1. The number of fused-ring (bicyclic) bond motifs is 1. The summed E-state index contributed by atoms with van der Waals surface area (Å²) in [5, 5.41) is 5.41. The predicted octanol–water partition coefficient (Wildman–Crippen LogP) is 4.65. The molecule has 0 aliphatic carbocycles. The number of aryl methyl sites for hydroxylation is 2. The Morgan fingerprint density at radius 3 is 2.85 bits per heavy atom. The summed E-state index contributed by atoms with van der Waals surface area (Å²) < 4.78 is 0. The Morgan fingerprint density at radius 1 is 1.23 bits per heavy atom. The largest absolute Gasteiger partial charge is 0.354 e. The first-order valence-corrected chi connectivity index (χ1v) is 10.3. The zero-order chi connectivity index (χ0) is 17.9. The van der Waals surface area contributed by atoms with Crippen LogP contribution >= 0.6 is 11.3 Å². The van der Waals surface area contributed by atoms with Crippen molar-refractivity contribution in [1.29, 1.82) is 0 Å². The molecular formula is C21H25N3OS. The zero-order valence-electron chi connectivity index (χ0n) is 15.2. The second-order valence-corrected chi connectivity index (χ2v) is 8.04. The Hall–Kier alpha value is -2.11. The van der Waals surface area contributed by atoms with Gasteiger partial charge in [-0.1, -0.05) is 24.1 Å². The van der Waals surface area contributed by atoms with Crippen molar-refractivity contribution in [1.82, 2.24) is 15.4 Å². The SMILES string of the molecule is Cc1ccc2[nH]c(-c3cccs3)c(CCC(=O)NN3CCCCC3)c2c1. The molecule has 4 rings (SSSR count). The fourth-order valence-electron chi connectivity index (χ4n) is 3.73. The summed E-state index contributed by atoms with van der Waals surface area (Å²) in [4.78, 5) is 17.2. The summed E-state index contributed by atoms with van der Waals surface area (Å²) in [5.74, 6) is 0.117. The number of aromatic nitrogens is 1. The van der Waals surface area contributed by atoms with Crippen LogP contribution in [0.4, 0.5) is 0 Å². The Bertz CT molecular complexity index is 892. The van der Waals surface area contributed by atoms with E-state index in [-0.39, 0.29) is 5.91 Å². The number of hydrogen-bond donors (Lipinski definition) is 2. The number of carbonyl (C=O) groups excluding carboxylic acids is 1. The van der Waals surface area contributed by atoms with Crippen molar-refractivity contribution in [2.24, 2.45) is 0 Å². The van der Waals surface area contributed by atoms with Crippen molar-refractivity contribution >= 4 is 28.1 Å². The lowest BCUT2D eigenvalue weighted by atomic mass is 10.0. The highest BCUT2D eigenvalue weighted by atomic mass is 32.1. The van der Waals surface area contributed by atoms with Gasteiger partial charge < -0.3 is 4.98 Å². The Morgan fingerprint density at radius 2 is 2.08 bits per heavy atom. The number of nitrogens with one attached hydrogen (secondary N) is 2. The smallest absolute Gasteiger partial charge is 0.234 e. The minimum absolute atomic E-state index is 0.117. The van der Waals surface area contributed by atoms with E-state index in [4.69, 9.17) is 0 Å². The van der Waals surface area contributed by atoms with Gasteiger partial charge in [0, 0.05) is 30.4 Å². The molecule has 0 bridgehead atoms. The second kappa shape index (κ2) is 7.64.